The molecule has 18 heavy (non-hydrogen) atoms. The van der Waals surface area contributed by atoms with Crippen LogP contribution in [0, 0.1) is 12.3 Å². The minimum atomic E-state index is -0.112. The second-order valence-electron chi connectivity index (χ2n) is 5.66. The molecule has 0 spiro atoms. The highest BCUT2D eigenvalue weighted by Crippen LogP contribution is 2.45. The van der Waals surface area contributed by atoms with Gasteiger partial charge in [0.2, 0.25) is 5.91 Å². The van der Waals surface area contributed by atoms with E-state index in [2.05, 4.69) is 38.2 Å². The number of carbonyl (C=O) groups is 1. The van der Waals surface area contributed by atoms with Gasteiger partial charge in [0.1, 0.15) is 0 Å². The van der Waals surface area contributed by atoms with Crippen LogP contribution in [-0.4, -0.2) is 11.2 Å². The Morgan fingerprint density at radius 2 is 2.06 bits per heavy atom. The molecule has 2 rings (SSSR count). The van der Waals surface area contributed by atoms with Crippen molar-refractivity contribution in [2.24, 2.45) is 5.41 Å². The molecule has 0 unspecified atom stereocenters. The molecule has 0 aliphatic heterocycles. The van der Waals surface area contributed by atoms with Gasteiger partial charge in [-0.3, -0.25) is 4.79 Å². The van der Waals surface area contributed by atoms with E-state index in [0.29, 0.717) is 5.25 Å². The van der Waals surface area contributed by atoms with Crippen molar-refractivity contribution in [2.45, 2.75) is 50.7 Å². The van der Waals surface area contributed by atoms with Crippen LogP contribution < -0.4 is 5.32 Å². The molecule has 0 heterocycles. The van der Waals surface area contributed by atoms with Gasteiger partial charge in [-0.2, -0.15) is 0 Å². The van der Waals surface area contributed by atoms with Gasteiger partial charge in [-0.15, -0.1) is 11.8 Å². The van der Waals surface area contributed by atoms with Crippen molar-refractivity contribution in [3.63, 3.8) is 0 Å². The number of amides is 1. The molecule has 1 aromatic rings. The molecule has 1 N–H and O–H groups in total. The van der Waals surface area contributed by atoms with Crippen molar-refractivity contribution >= 4 is 23.4 Å². The third-order valence-corrected chi connectivity index (χ3v) is 4.53. The summed E-state index contributed by atoms with van der Waals surface area (Å²) in [6.07, 6.45) is 2.03. The highest BCUT2D eigenvalue weighted by molar-refractivity contribution is 8.00. The Bertz CT molecular complexity index is 464. The first-order valence-electron chi connectivity index (χ1n) is 6.49. The molecule has 3 heteroatoms. The number of aryl methyl sites for hydroxylation is 1. The Hall–Kier alpha value is -0.960. The number of rotatable bonds is 4. The minimum Gasteiger partial charge on any atom is -0.326 e. The molecule has 0 bridgehead atoms. The van der Waals surface area contributed by atoms with Crippen molar-refractivity contribution in [3.8, 4) is 0 Å². The molecule has 0 atom stereocenters. The second-order valence-corrected chi connectivity index (χ2v) is 7.28. The molecule has 0 saturated heterocycles. The topological polar surface area (TPSA) is 29.1 Å². The molecule has 2 nitrogen and oxygen atoms in total. The van der Waals surface area contributed by atoms with Crippen LogP contribution in [0.4, 0.5) is 5.69 Å². The summed E-state index contributed by atoms with van der Waals surface area (Å²) in [4.78, 5) is 13.2. The summed E-state index contributed by atoms with van der Waals surface area (Å²) in [5, 5.41) is 3.60. The first-order chi connectivity index (χ1) is 8.40. The van der Waals surface area contributed by atoms with Gasteiger partial charge in [0, 0.05) is 21.2 Å². The van der Waals surface area contributed by atoms with Crippen LogP contribution >= 0.6 is 11.8 Å². The molecule has 0 radical (unpaired) electrons. The van der Waals surface area contributed by atoms with Crippen molar-refractivity contribution in [1.82, 2.24) is 0 Å². The SMILES string of the molecule is Cc1cc(NC(=O)C2(C)CC2)ccc1SC(C)C. The number of thioether (sulfide) groups is 1. The zero-order valence-electron chi connectivity index (χ0n) is 11.5. The number of anilines is 1. The van der Waals surface area contributed by atoms with Gasteiger partial charge in [-0.25, -0.2) is 0 Å². The van der Waals surface area contributed by atoms with Crippen LogP contribution in [0.15, 0.2) is 23.1 Å². The van der Waals surface area contributed by atoms with E-state index in [9.17, 15) is 4.79 Å². The van der Waals surface area contributed by atoms with Gasteiger partial charge in [0.15, 0.2) is 0 Å². The quantitative estimate of drug-likeness (QED) is 0.823. The molecule has 1 aliphatic rings. The first kappa shape index (κ1) is 13.5. The molecular weight excluding hydrogens is 242 g/mol. The van der Waals surface area contributed by atoms with Crippen LogP contribution in [0.3, 0.4) is 0 Å². The maximum Gasteiger partial charge on any atom is 0.230 e. The molecule has 98 valence electrons. The zero-order valence-corrected chi connectivity index (χ0v) is 12.4. The third-order valence-electron chi connectivity index (χ3n) is 3.34. The lowest BCUT2D eigenvalue weighted by Gasteiger charge is -2.13. The van der Waals surface area contributed by atoms with Gasteiger partial charge < -0.3 is 5.32 Å². The predicted molar refractivity (Wildman–Crippen MR) is 78.1 cm³/mol. The summed E-state index contributed by atoms with van der Waals surface area (Å²) in [7, 11) is 0. The van der Waals surface area contributed by atoms with E-state index in [1.807, 2.05) is 24.8 Å². The minimum absolute atomic E-state index is 0.112. The highest BCUT2D eigenvalue weighted by atomic mass is 32.2. The molecule has 1 amide bonds. The first-order valence-corrected chi connectivity index (χ1v) is 7.37. The van der Waals surface area contributed by atoms with Gasteiger partial charge in [-0.1, -0.05) is 20.8 Å². The highest BCUT2D eigenvalue weighted by Gasteiger charge is 2.44. The van der Waals surface area contributed by atoms with Gasteiger partial charge in [0.05, 0.1) is 0 Å². The summed E-state index contributed by atoms with van der Waals surface area (Å²) in [5.74, 6) is 0.158. The molecular formula is C15H21NOS. The van der Waals surface area contributed by atoms with Crippen LogP contribution in [0.25, 0.3) is 0 Å². The van der Waals surface area contributed by atoms with E-state index < -0.39 is 0 Å². The van der Waals surface area contributed by atoms with E-state index in [4.69, 9.17) is 0 Å². The van der Waals surface area contributed by atoms with Crippen molar-refractivity contribution in [3.05, 3.63) is 23.8 Å². The molecule has 1 fully saturated rings. The van der Waals surface area contributed by atoms with E-state index in [1.54, 1.807) is 0 Å². The van der Waals surface area contributed by atoms with Gasteiger partial charge in [-0.05, 0) is 43.5 Å². The number of benzene rings is 1. The lowest BCUT2D eigenvalue weighted by molar-refractivity contribution is -0.120. The third kappa shape index (κ3) is 3.08. The summed E-state index contributed by atoms with van der Waals surface area (Å²) in [6, 6.07) is 6.17. The fourth-order valence-corrected chi connectivity index (χ4v) is 2.71. The smallest absolute Gasteiger partial charge is 0.230 e. The Balaban J connectivity index is 2.06. The van der Waals surface area contributed by atoms with E-state index in [-0.39, 0.29) is 11.3 Å². The average Bonchev–Trinajstić information content (AvgIpc) is 3.01. The zero-order chi connectivity index (χ0) is 13.3. The maximum atomic E-state index is 12.0. The molecule has 1 saturated carbocycles. The van der Waals surface area contributed by atoms with E-state index in [1.165, 1.54) is 10.5 Å². The van der Waals surface area contributed by atoms with E-state index >= 15 is 0 Å². The van der Waals surface area contributed by atoms with Crippen molar-refractivity contribution in [1.29, 1.82) is 0 Å². The summed E-state index contributed by atoms with van der Waals surface area (Å²) >= 11 is 1.86. The Morgan fingerprint density at radius 3 is 2.56 bits per heavy atom. The standard InChI is InChI=1S/C15H21NOS/c1-10(2)18-13-6-5-12(9-11(13)3)16-14(17)15(4)7-8-15/h5-6,9-10H,7-8H2,1-4H3,(H,16,17). The Labute approximate surface area is 114 Å². The van der Waals surface area contributed by atoms with Gasteiger partial charge >= 0.3 is 0 Å². The number of nitrogens with one attached hydrogen (secondary N) is 1. The molecule has 0 aromatic heterocycles. The summed E-state index contributed by atoms with van der Waals surface area (Å²) < 4.78 is 0. The monoisotopic (exact) mass is 263 g/mol. The van der Waals surface area contributed by atoms with Crippen LogP contribution in [0.5, 0.6) is 0 Å². The second kappa shape index (κ2) is 4.96. The van der Waals surface area contributed by atoms with Crippen molar-refractivity contribution in [2.75, 3.05) is 5.32 Å². The maximum absolute atomic E-state index is 12.0. The summed E-state index contributed by atoms with van der Waals surface area (Å²) in [6.45, 7) is 8.50. The average molecular weight is 263 g/mol. The molecule has 1 aromatic carbocycles. The fourth-order valence-electron chi connectivity index (χ4n) is 1.81. The Morgan fingerprint density at radius 1 is 1.39 bits per heavy atom. The number of carbonyl (C=O) groups excluding carboxylic acids is 1. The largest absolute Gasteiger partial charge is 0.326 e. The number of hydrogen-bond donors (Lipinski definition) is 1. The number of hydrogen-bond acceptors (Lipinski definition) is 2. The van der Waals surface area contributed by atoms with Crippen LogP contribution in [0.1, 0.15) is 39.2 Å². The van der Waals surface area contributed by atoms with Crippen LogP contribution in [0.2, 0.25) is 0 Å². The van der Waals surface area contributed by atoms with Crippen molar-refractivity contribution < 1.29 is 4.79 Å². The van der Waals surface area contributed by atoms with Crippen LogP contribution in [-0.2, 0) is 4.79 Å². The predicted octanol–water partition coefficient (Wildman–Crippen LogP) is 4.23. The lowest BCUT2D eigenvalue weighted by Crippen LogP contribution is -2.21. The summed E-state index contributed by atoms with van der Waals surface area (Å²) in [5.41, 5.74) is 2.03. The Kier molecular flexibility index (Phi) is 3.71. The van der Waals surface area contributed by atoms with E-state index in [0.717, 1.165) is 18.5 Å². The lowest BCUT2D eigenvalue weighted by atomic mass is 10.1. The van der Waals surface area contributed by atoms with Gasteiger partial charge in [0.25, 0.3) is 0 Å². The fraction of sp³-hybridized carbons (Fsp3) is 0.533. The molecule has 1 aliphatic carbocycles. The normalized spacial score (nSPS) is 16.7.